The zero-order valence-corrected chi connectivity index (χ0v) is 15.3. The van der Waals surface area contributed by atoms with E-state index in [0.717, 1.165) is 23.6 Å². The highest BCUT2D eigenvalue weighted by atomic mass is 16.5. The van der Waals surface area contributed by atoms with Crippen LogP contribution in [-0.4, -0.2) is 12.8 Å². The molecule has 0 aromatic heterocycles. The Morgan fingerprint density at radius 2 is 1.52 bits per heavy atom. The summed E-state index contributed by atoms with van der Waals surface area (Å²) < 4.78 is 5.30. The molecule has 1 aliphatic heterocycles. The van der Waals surface area contributed by atoms with E-state index in [1.807, 2.05) is 48.5 Å². The van der Waals surface area contributed by atoms with E-state index in [1.165, 1.54) is 11.1 Å². The molecule has 27 heavy (non-hydrogen) atoms. The lowest BCUT2D eigenvalue weighted by molar-refractivity contribution is 0.414. The number of hydrogen-bond donors (Lipinski definition) is 0. The third-order valence-corrected chi connectivity index (χ3v) is 4.72. The second-order valence-electron chi connectivity index (χ2n) is 6.51. The van der Waals surface area contributed by atoms with Gasteiger partial charge in [-0.1, -0.05) is 66.7 Å². The molecule has 3 nitrogen and oxygen atoms in total. The summed E-state index contributed by atoms with van der Waals surface area (Å²) in [5, 5.41) is 7.02. The maximum atomic E-state index is 5.30. The number of ether oxygens (including phenoxy) is 1. The topological polar surface area (TPSA) is 24.8 Å². The van der Waals surface area contributed by atoms with E-state index in [0.29, 0.717) is 0 Å². The summed E-state index contributed by atoms with van der Waals surface area (Å²) in [6.45, 7) is 0. The van der Waals surface area contributed by atoms with Gasteiger partial charge in [-0.05, 0) is 41.5 Å². The fraction of sp³-hybridized carbons (Fsp3) is 0.125. The smallest absolute Gasteiger partial charge is 0.118 e. The number of allylic oxidation sites excluding steroid dienone is 1. The largest absolute Gasteiger partial charge is 0.497 e. The Morgan fingerprint density at radius 1 is 0.852 bits per heavy atom. The second-order valence-corrected chi connectivity index (χ2v) is 6.51. The van der Waals surface area contributed by atoms with Gasteiger partial charge in [0.15, 0.2) is 0 Å². The second kappa shape index (κ2) is 7.92. The lowest BCUT2D eigenvalue weighted by Gasteiger charge is -2.24. The van der Waals surface area contributed by atoms with E-state index in [1.54, 1.807) is 7.11 Å². The van der Waals surface area contributed by atoms with Gasteiger partial charge in [0.25, 0.3) is 0 Å². The number of anilines is 1. The molecular formula is C24H22N2O. The maximum absolute atomic E-state index is 5.30. The number of para-hydroxylation sites is 1. The molecule has 0 N–H and O–H groups in total. The molecule has 1 heterocycles. The van der Waals surface area contributed by atoms with Crippen LogP contribution in [0.4, 0.5) is 5.69 Å². The van der Waals surface area contributed by atoms with E-state index in [-0.39, 0.29) is 6.04 Å². The van der Waals surface area contributed by atoms with Crippen molar-refractivity contribution in [2.45, 2.75) is 12.5 Å². The quantitative estimate of drug-likeness (QED) is 0.586. The van der Waals surface area contributed by atoms with Gasteiger partial charge in [-0.2, -0.15) is 5.10 Å². The Hall–Kier alpha value is -3.33. The molecule has 0 amide bonds. The minimum absolute atomic E-state index is 0.175. The highest BCUT2D eigenvalue weighted by molar-refractivity contribution is 6.01. The molecule has 0 fully saturated rings. The number of rotatable bonds is 5. The number of hydrogen-bond acceptors (Lipinski definition) is 3. The predicted octanol–water partition coefficient (Wildman–Crippen LogP) is 5.72. The van der Waals surface area contributed by atoms with Crippen LogP contribution in [0, 0.1) is 0 Å². The van der Waals surface area contributed by atoms with E-state index < -0.39 is 0 Å². The van der Waals surface area contributed by atoms with Crippen LogP contribution in [0.15, 0.2) is 96.1 Å². The minimum atomic E-state index is 0.175. The lowest BCUT2D eigenvalue weighted by atomic mass is 10.0. The first-order valence-electron chi connectivity index (χ1n) is 9.12. The first-order valence-corrected chi connectivity index (χ1v) is 9.12. The van der Waals surface area contributed by atoms with Crippen molar-refractivity contribution in [3.8, 4) is 5.75 Å². The molecule has 0 saturated heterocycles. The Balaban J connectivity index is 1.63. The summed E-state index contributed by atoms with van der Waals surface area (Å²) in [5.41, 5.74) is 4.58. The summed E-state index contributed by atoms with van der Waals surface area (Å²) in [7, 11) is 1.69. The first kappa shape index (κ1) is 17.1. The minimum Gasteiger partial charge on any atom is -0.497 e. The molecule has 0 aliphatic carbocycles. The average Bonchev–Trinajstić information content (AvgIpc) is 3.18. The number of benzene rings is 3. The van der Waals surface area contributed by atoms with Crippen molar-refractivity contribution in [2.24, 2.45) is 5.10 Å². The Kier molecular flexibility index (Phi) is 5.01. The molecule has 1 unspecified atom stereocenters. The van der Waals surface area contributed by atoms with E-state index in [4.69, 9.17) is 9.84 Å². The van der Waals surface area contributed by atoms with Crippen LogP contribution in [0.5, 0.6) is 5.75 Å². The fourth-order valence-corrected chi connectivity index (χ4v) is 3.29. The zero-order valence-electron chi connectivity index (χ0n) is 15.3. The van der Waals surface area contributed by atoms with Crippen LogP contribution in [0.1, 0.15) is 23.6 Å². The van der Waals surface area contributed by atoms with Gasteiger partial charge in [0.05, 0.1) is 24.6 Å². The number of methoxy groups -OCH3 is 1. The Labute approximate surface area is 160 Å². The van der Waals surface area contributed by atoms with Crippen LogP contribution in [-0.2, 0) is 0 Å². The normalized spacial score (nSPS) is 16.6. The van der Waals surface area contributed by atoms with Crippen molar-refractivity contribution in [1.82, 2.24) is 0 Å². The molecule has 3 aromatic rings. The molecule has 3 heteroatoms. The SMILES string of the molecule is COc1ccc(C2CC(C=Cc3ccccc3)=NN2c2ccccc2)cc1. The third kappa shape index (κ3) is 3.93. The molecule has 3 aromatic carbocycles. The number of hydrazone groups is 1. The predicted molar refractivity (Wildman–Crippen MR) is 112 cm³/mol. The molecule has 1 atom stereocenters. The highest BCUT2D eigenvalue weighted by Gasteiger charge is 2.28. The zero-order chi connectivity index (χ0) is 18.5. The van der Waals surface area contributed by atoms with Crippen LogP contribution in [0.3, 0.4) is 0 Å². The van der Waals surface area contributed by atoms with Gasteiger partial charge in [0.2, 0.25) is 0 Å². The summed E-state index contributed by atoms with van der Waals surface area (Å²) >= 11 is 0. The van der Waals surface area contributed by atoms with Crippen molar-refractivity contribution in [2.75, 3.05) is 12.1 Å². The Morgan fingerprint density at radius 3 is 2.19 bits per heavy atom. The van der Waals surface area contributed by atoms with Crippen LogP contribution >= 0.6 is 0 Å². The first-order chi connectivity index (χ1) is 13.3. The van der Waals surface area contributed by atoms with Crippen molar-refractivity contribution >= 4 is 17.5 Å². The molecular weight excluding hydrogens is 332 g/mol. The van der Waals surface area contributed by atoms with Gasteiger partial charge < -0.3 is 4.74 Å². The molecule has 0 spiro atoms. The fourth-order valence-electron chi connectivity index (χ4n) is 3.29. The summed E-state index contributed by atoms with van der Waals surface area (Å²) in [6.07, 6.45) is 5.11. The maximum Gasteiger partial charge on any atom is 0.118 e. The summed E-state index contributed by atoms with van der Waals surface area (Å²) in [6, 6.07) is 29.1. The van der Waals surface area contributed by atoms with Crippen molar-refractivity contribution in [3.05, 3.63) is 102 Å². The molecule has 134 valence electrons. The van der Waals surface area contributed by atoms with Gasteiger partial charge in [0.1, 0.15) is 5.75 Å². The molecule has 0 bridgehead atoms. The molecule has 4 rings (SSSR count). The van der Waals surface area contributed by atoms with Crippen molar-refractivity contribution in [1.29, 1.82) is 0 Å². The van der Waals surface area contributed by atoms with Crippen LogP contribution in [0.2, 0.25) is 0 Å². The van der Waals surface area contributed by atoms with Gasteiger partial charge in [-0.15, -0.1) is 0 Å². The van der Waals surface area contributed by atoms with E-state index >= 15 is 0 Å². The summed E-state index contributed by atoms with van der Waals surface area (Å²) in [5.74, 6) is 0.869. The van der Waals surface area contributed by atoms with Crippen LogP contribution < -0.4 is 9.75 Å². The molecule has 0 saturated carbocycles. The van der Waals surface area contributed by atoms with Gasteiger partial charge in [-0.3, -0.25) is 5.01 Å². The highest BCUT2D eigenvalue weighted by Crippen LogP contribution is 2.36. The molecule has 0 radical (unpaired) electrons. The Bertz CT molecular complexity index is 931. The van der Waals surface area contributed by atoms with Crippen molar-refractivity contribution < 1.29 is 4.74 Å². The van der Waals surface area contributed by atoms with Gasteiger partial charge in [0, 0.05) is 6.42 Å². The van der Waals surface area contributed by atoms with Gasteiger partial charge >= 0.3 is 0 Å². The number of nitrogens with zero attached hydrogens (tertiary/aromatic N) is 2. The van der Waals surface area contributed by atoms with E-state index in [2.05, 4.69) is 53.6 Å². The van der Waals surface area contributed by atoms with Gasteiger partial charge in [-0.25, -0.2) is 0 Å². The van der Waals surface area contributed by atoms with Crippen LogP contribution in [0.25, 0.3) is 6.08 Å². The van der Waals surface area contributed by atoms with Crippen molar-refractivity contribution in [3.63, 3.8) is 0 Å². The summed E-state index contributed by atoms with van der Waals surface area (Å²) in [4.78, 5) is 0. The van der Waals surface area contributed by atoms with E-state index in [9.17, 15) is 0 Å². The molecule has 1 aliphatic rings. The standard InChI is InChI=1S/C24H22N2O/c1-27-23-16-13-20(14-17-23)24-18-21(15-12-19-8-4-2-5-9-19)25-26(24)22-10-6-3-7-11-22/h2-17,24H,18H2,1H3. The average molecular weight is 354 g/mol. The third-order valence-electron chi connectivity index (χ3n) is 4.72. The lowest BCUT2D eigenvalue weighted by Crippen LogP contribution is -2.18. The monoisotopic (exact) mass is 354 g/mol.